The molecular weight excluding hydrogens is 365 g/mol. The predicted octanol–water partition coefficient (Wildman–Crippen LogP) is 4.20. The van der Waals surface area contributed by atoms with Crippen molar-refractivity contribution in [3.8, 4) is 5.75 Å². The van der Waals surface area contributed by atoms with E-state index in [9.17, 15) is 13.2 Å². The molecule has 2 aliphatic rings. The van der Waals surface area contributed by atoms with Crippen molar-refractivity contribution in [1.29, 1.82) is 0 Å². The standard InChI is InChI=1S/C19H23F3O5/c1-2-3-4-13-9-23-18(24-10-13)15-11-25-17(26-12-15)14-5-7-16(8-6-14)27-19(20,21)22/h3-8,13,15,17-18H,2,9-12H2,1H3/b4-3+. The second-order valence-corrected chi connectivity index (χ2v) is 6.51. The third kappa shape index (κ3) is 5.93. The van der Waals surface area contributed by atoms with Crippen LogP contribution in [-0.4, -0.2) is 39.1 Å². The van der Waals surface area contributed by atoms with Crippen molar-refractivity contribution in [1.82, 2.24) is 0 Å². The van der Waals surface area contributed by atoms with E-state index in [2.05, 4.69) is 23.8 Å². The van der Waals surface area contributed by atoms with Gasteiger partial charge in [-0.05, 0) is 18.6 Å². The second-order valence-electron chi connectivity index (χ2n) is 6.51. The van der Waals surface area contributed by atoms with E-state index in [-0.39, 0.29) is 23.9 Å². The van der Waals surface area contributed by atoms with Crippen LogP contribution in [0, 0.1) is 11.8 Å². The van der Waals surface area contributed by atoms with Gasteiger partial charge < -0.3 is 23.7 Å². The first-order valence-corrected chi connectivity index (χ1v) is 8.93. The molecule has 0 aromatic heterocycles. The summed E-state index contributed by atoms with van der Waals surface area (Å²) in [6.07, 6.45) is -0.538. The van der Waals surface area contributed by atoms with Crippen LogP contribution in [0.1, 0.15) is 25.2 Å². The van der Waals surface area contributed by atoms with Gasteiger partial charge in [0, 0.05) is 11.5 Å². The molecule has 0 unspecified atom stereocenters. The summed E-state index contributed by atoms with van der Waals surface area (Å²) in [4.78, 5) is 0. The fourth-order valence-electron chi connectivity index (χ4n) is 2.94. The number of halogens is 3. The number of allylic oxidation sites excluding steroid dienone is 1. The van der Waals surface area contributed by atoms with Crippen LogP contribution in [0.5, 0.6) is 5.75 Å². The Labute approximate surface area is 156 Å². The lowest BCUT2D eigenvalue weighted by molar-refractivity contribution is -0.280. The Morgan fingerprint density at radius 2 is 1.63 bits per heavy atom. The van der Waals surface area contributed by atoms with Crippen molar-refractivity contribution < 1.29 is 36.9 Å². The van der Waals surface area contributed by atoms with Crippen molar-refractivity contribution in [3.05, 3.63) is 42.0 Å². The minimum absolute atomic E-state index is 0.0507. The first-order chi connectivity index (χ1) is 12.9. The van der Waals surface area contributed by atoms with Crippen LogP contribution in [0.2, 0.25) is 0 Å². The minimum Gasteiger partial charge on any atom is -0.406 e. The first kappa shape index (κ1) is 20.1. The molecule has 0 N–H and O–H groups in total. The summed E-state index contributed by atoms with van der Waals surface area (Å²) in [6.45, 7) is 4.04. The quantitative estimate of drug-likeness (QED) is 0.708. The molecule has 2 heterocycles. The Kier molecular flexibility index (Phi) is 6.75. The third-order valence-electron chi connectivity index (χ3n) is 4.29. The highest BCUT2D eigenvalue weighted by Gasteiger charge is 2.34. The average molecular weight is 388 g/mol. The smallest absolute Gasteiger partial charge is 0.406 e. The molecule has 2 aliphatic heterocycles. The molecule has 0 atom stereocenters. The van der Waals surface area contributed by atoms with Crippen molar-refractivity contribution in [2.45, 2.75) is 32.3 Å². The summed E-state index contributed by atoms with van der Waals surface area (Å²) in [5, 5.41) is 0. The zero-order valence-corrected chi connectivity index (χ0v) is 15.0. The molecule has 8 heteroatoms. The van der Waals surface area contributed by atoms with Gasteiger partial charge in [-0.2, -0.15) is 0 Å². The lowest BCUT2D eigenvalue weighted by Crippen LogP contribution is -2.42. The number of hydrogen-bond acceptors (Lipinski definition) is 5. The molecule has 0 amide bonds. The van der Waals surface area contributed by atoms with Gasteiger partial charge in [0.05, 0.1) is 32.3 Å². The lowest BCUT2D eigenvalue weighted by atomic mass is 10.1. The second kappa shape index (κ2) is 9.05. The van der Waals surface area contributed by atoms with Gasteiger partial charge in [-0.25, -0.2) is 0 Å². The fraction of sp³-hybridized carbons (Fsp3) is 0.579. The van der Waals surface area contributed by atoms with Gasteiger partial charge in [-0.3, -0.25) is 0 Å². The van der Waals surface area contributed by atoms with Gasteiger partial charge >= 0.3 is 6.36 Å². The van der Waals surface area contributed by atoms with Crippen LogP contribution in [0.15, 0.2) is 36.4 Å². The van der Waals surface area contributed by atoms with Crippen LogP contribution < -0.4 is 4.74 Å². The van der Waals surface area contributed by atoms with Crippen molar-refractivity contribution in [2.24, 2.45) is 11.8 Å². The molecule has 0 saturated carbocycles. The number of alkyl halides is 3. The molecule has 27 heavy (non-hydrogen) atoms. The highest BCUT2D eigenvalue weighted by molar-refractivity contribution is 5.28. The van der Waals surface area contributed by atoms with Crippen molar-refractivity contribution in [2.75, 3.05) is 26.4 Å². The number of rotatable bonds is 5. The molecular formula is C19H23F3O5. The van der Waals surface area contributed by atoms with E-state index in [4.69, 9.17) is 18.9 Å². The van der Waals surface area contributed by atoms with Crippen LogP contribution >= 0.6 is 0 Å². The Morgan fingerprint density at radius 3 is 2.19 bits per heavy atom. The largest absolute Gasteiger partial charge is 0.573 e. The summed E-state index contributed by atoms with van der Waals surface area (Å²) in [5.41, 5.74) is 0.623. The lowest BCUT2D eigenvalue weighted by Gasteiger charge is -2.37. The number of ether oxygens (including phenoxy) is 5. The maximum absolute atomic E-state index is 12.2. The van der Waals surface area contributed by atoms with E-state index in [0.717, 1.165) is 6.42 Å². The minimum atomic E-state index is -4.71. The molecule has 1 aromatic rings. The highest BCUT2D eigenvalue weighted by Crippen LogP contribution is 2.31. The van der Waals surface area contributed by atoms with Crippen LogP contribution in [0.25, 0.3) is 0 Å². The summed E-state index contributed by atoms with van der Waals surface area (Å²) in [6, 6.07) is 5.45. The van der Waals surface area contributed by atoms with Gasteiger partial charge in [-0.15, -0.1) is 13.2 Å². The van der Waals surface area contributed by atoms with Crippen LogP contribution in [0.4, 0.5) is 13.2 Å². The zero-order valence-electron chi connectivity index (χ0n) is 15.0. The molecule has 0 bridgehead atoms. The molecule has 2 fully saturated rings. The zero-order chi connectivity index (χ0) is 19.3. The van der Waals surface area contributed by atoms with E-state index in [1.54, 1.807) is 0 Å². The van der Waals surface area contributed by atoms with Gasteiger partial charge in [-0.1, -0.05) is 31.2 Å². The number of hydrogen-bond donors (Lipinski definition) is 0. The summed E-state index contributed by atoms with van der Waals surface area (Å²) in [5.74, 6) is -0.0717. The van der Waals surface area contributed by atoms with Gasteiger partial charge in [0.2, 0.25) is 0 Å². The topological polar surface area (TPSA) is 46.2 Å². The normalized spacial score (nSPS) is 29.8. The summed E-state index contributed by atoms with van der Waals surface area (Å²) >= 11 is 0. The molecule has 150 valence electrons. The van der Waals surface area contributed by atoms with E-state index < -0.39 is 12.7 Å². The Hall–Kier alpha value is -1.61. The van der Waals surface area contributed by atoms with E-state index >= 15 is 0 Å². The van der Waals surface area contributed by atoms with Gasteiger partial charge in [0.25, 0.3) is 0 Å². The van der Waals surface area contributed by atoms with Gasteiger partial charge in [0.1, 0.15) is 5.75 Å². The van der Waals surface area contributed by atoms with E-state index in [1.807, 2.05) is 0 Å². The monoisotopic (exact) mass is 388 g/mol. The molecule has 5 nitrogen and oxygen atoms in total. The Bertz CT molecular complexity index is 601. The molecule has 3 rings (SSSR count). The SMILES string of the molecule is CC/C=C/C1COC(C2COC(c3ccc(OC(F)(F)F)cc3)OC2)OC1. The predicted molar refractivity (Wildman–Crippen MR) is 89.9 cm³/mol. The molecule has 0 aliphatic carbocycles. The molecule has 1 aromatic carbocycles. The van der Waals surface area contributed by atoms with Crippen LogP contribution in [0.3, 0.4) is 0 Å². The fourth-order valence-corrected chi connectivity index (χ4v) is 2.94. The van der Waals surface area contributed by atoms with Crippen LogP contribution in [-0.2, 0) is 18.9 Å². The van der Waals surface area contributed by atoms with Crippen molar-refractivity contribution in [3.63, 3.8) is 0 Å². The summed E-state index contributed by atoms with van der Waals surface area (Å²) in [7, 11) is 0. The molecule has 0 radical (unpaired) electrons. The molecule has 2 saturated heterocycles. The Morgan fingerprint density at radius 1 is 1.00 bits per heavy atom. The van der Waals surface area contributed by atoms with Crippen molar-refractivity contribution >= 4 is 0 Å². The highest BCUT2D eigenvalue weighted by atomic mass is 19.4. The van der Waals surface area contributed by atoms with E-state index in [0.29, 0.717) is 32.0 Å². The maximum Gasteiger partial charge on any atom is 0.573 e. The maximum atomic E-state index is 12.2. The molecule has 0 spiro atoms. The average Bonchev–Trinajstić information content (AvgIpc) is 2.66. The number of benzene rings is 1. The Balaban J connectivity index is 1.46. The van der Waals surface area contributed by atoms with Gasteiger partial charge in [0.15, 0.2) is 12.6 Å². The first-order valence-electron chi connectivity index (χ1n) is 8.93. The van der Waals surface area contributed by atoms with E-state index in [1.165, 1.54) is 24.3 Å². The third-order valence-corrected chi connectivity index (χ3v) is 4.29. The summed E-state index contributed by atoms with van der Waals surface area (Å²) < 4.78 is 63.4.